The highest BCUT2D eigenvalue weighted by Gasteiger charge is 2.20. The summed E-state index contributed by atoms with van der Waals surface area (Å²) in [7, 11) is 0. The molecule has 6 heteroatoms. The summed E-state index contributed by atoms with van der Waals surface area (Å²) in [6, 6.07) is 0. The van der Waals surface area contributed by atoms with Crippen LogP contribution in [-0.2, 0) is 9.59 Å². The quantitative estimate of drug-likeness (QED) is 0.679. The second-order valence-electron chi connectivity index (χ2n) is 3.88. The van der Waals surface area contributed by atoms with Crippen molar-refractivity contribution in [2.24, 2.45) is 5.73 Å². The molecule has 0 aromatic carbocycles. The highest BCUT2D eigenvalue weighted by molar-refractivity contribution is 7.80. The lowest BCUT2D eigenvalue weighted by Gasteiger charge is -2.21. The number of amides is 2. The normalized spacial score (nSPS) is 16.8. The van der Waals surface area contributed by atoms with Gasteiger partial charge in [-0.05, 0) is 6.42 Å². The van der Waals surface area contributed by atoms with Gasteiger partial charge in [0.1, 0.15) is 0 Å². The molecule has 0 aromatic rings. The van der Waals surface area contributed by atoms with E-state index in [1.807, 2.05) is 0 Å². The molecule has 2 N–H and O–H groups in total. The van der Waals surface area contributed by atoms with E-state index < -0.39 is 0 Å². The molecule has 0 unspecified atom stereocenters. The highest BCUT2D eigenvalue weighted by Crippen LogP contribution is 2.05. The Morgan fingerprint density at radius 3 is 2.31 bits per heavy atom. The molecule has 0 spiro atoms. The van der Waals surface area contributed by atoms with Crippen LogP contribution in [0.3, 0.4) is 0 Å². The fourth-order valence-electron chi connectivity index (χ4n) is 1.74. The standard InChI is InChI=1S/C10H17N3O2S/c1-8(14)12-3-2-4-13(6-5-12)10(15)7-9(11)16/h2-7H2,1H3,(H2,11,16). The molecule has 0 radical (unpaired) electrons. The van der Waals surface area contributed by atoms with Crippen molar-refractivity contribution in [1.82, 2.24) is 9.80 Å². The Morgan fingerprint density at radius 1 is 1.19 bits per heavy atom. The molecule has 0 saturated carbocycles. The van der Waals surface area contributed by atoms with Gasteiger partial charge in [-0.1, -0.05) is 12.2 Å². The largest absolute Gasteiger partial charge is 0.393 e. The van der Waals surface area contributed by atoms with Gasteiger partial charge in [0.2, 0.25) is 11.8 Å². The Kier molecular flexibility index (Phi) is 4.67. The van der Waals surface area contributed by atoms with Crippen molar-refractivity contribution in [3.8, 4) is 0 Å². The van der Waals surface area contributed by atoms with Gasteiger partial charge in [0, 0.05) is 33.1 Å². The Bertz CT molecular complexity index is 306. The van der Waals surface area contributed by atoms with E-state index in [0.29, 0.717) is 26.2 Å². The van der Waals surface area contributed by atoms with E-state index in [2.05, 4.69) is 0 Å². The third kappa shape index (κ3) is 3.77. The summed E-state index contributed by atoms with van der Waals surface area (Å²) in [5.74, 6) is 0.0153. The zero-order valence-corrected chi connectivity index (χ0v) is 10.3. The van der Waals surface area contributed by atoms with Crippen LogP contribution in [0.1, 0.15) is 19.8 Å². The van der Waals surface area contributed by atoms with Gasteiger partial charge in [-0.25, -0.2) is 0 Å². The van der Waals surface area contributed by atoms with Crippen molar-refractivity contribution in [2.45, 2.75) is 19.8 Å². The van der Waals surface area contributed by atoms with Crippen LogP contribution in [0.5, 0.6) is 0 Å². The Balaban J connectivity index is 2.49. The SMILES string of the molecule is CC(=O)N1CCCN(C(=O)CC(N)=S)CC1. The second kappa shape index (κ2) is 5.79. The predicted molar refractivity (Wildman–Crippen MR) is 64.9 cm³/mol. The summed E-state index contributed by atoms with van der Waals surface area (Å²) in [5, 5.41) is 0. The average molecular weight is 243 g/mol. The van der Waals surface area contributed by atoms with E-state index in [0.717, 1.165) is 6.42 Å². The second-order valence-corrected chi connectivity index (χ2v) is 4.41. The fraction of sp³-hybridized carbons (Fsp3) is 0.700. The van der Waals surface area contributed by atoms with Crippen LogP contribution in [0.25, 0.3) is 0 Å². The Morgan fingerprint density at radius 2 is 1.75 bits per heavy atom. The van der Waals surface area contributed by atoms with Crippen molar-refractivity contribution in [1.29, 1.82) is 0 Å². The number of hydrogen-bond donors (Lipinski definition) is 1. The van der Waals surface area contributed by atoms with Crippen molar-refractivity contribution in [2.75, 3.05) is 26.2 Å². The number of rotatable bonds is 2. The first-order valence-electron chi connectivity index (χ1n) is 5.32. The molecule has 0 bridgehead atoms. The Hall–Kier alpha value is -1.17. The zero-order chi connectivity index (χ0) is 12.1. The van der Waals surface area contributed by atoms with Gasteiger partial charge < -0.3 is 15.5 Å². The summed E-state index contributed by atoms with van der Waals surface area (Å²) < 4.78 is 0. The van der Waals surface area contributed by atoms with E-state index >= 15 is 0 Å². The molecule has 2 amide bonds. The van der Waals surface area contributed by atoms with Gasteiger partial charge in [0.25, 0.3) is 0 Å². The van der Waals surface area contributed by atoms with Crippen LogP contribution < -0.4 is 5.73 Å². The molecule has 1 fully saturated rings. The molecule has 1 aliphatic heterocycles. The van der Waals surface area contributed by atoms with Crippen LogP contribution in [0, 0.1) is 0 Å². The number of thiocarbonyl (C=S) groups is 1. The average Bonchev–Trinajstić information content (AvgIpc) is 2.41. The smallest absolute Gasteiger partial charge is 0.229 e. The van der Waals surface area contributed by atoms with E-state index in [4.69, 9.17) is 18.0 Å². The summed E-state index contributed by atoms with van der Waals surface area (Å²) in [6.07, 6.45) is 0.929. The minimum absolute atomic E-state index is 0.0436. The zero-order valence-electron chi connectivity index (χ0n) is 9.44. The number of nitrogens with two attached hydrogens (primary N) is 1. The lowest BCUT2D eigenvalue weighted by molar-refractivity contribution is -0.131. The fourth-order valence-corrected chi connectivity index (χ4v) is 1.87. The summed E-state index contributed by atoms with van der Waals surface area (Å²) in [5.41, 5.74) is 5.33. The maximum atomic E-state index is 11.7. The van der Waals surface area contributed by atoms with Gasteiger partial charge in [-0.2, -0.15) is 0 Å². The molecule has 0 aromatic heterocycles. The molecule has 16 heavy (non-hydrogen) atoms. The number of carbonyl (C=O) groups excluding carboxylic acids is 2. The predicted octanol–water partition coefficient (Wildman–Crippen LogP) is -0.257. The summed E-state index contributed by atoms with van der Waals surface area (Å²) >= 11 is 4.71. The molecule has 1 rings (SSSR count). The minimum atomic E-state index is -0.0436. The monoisotopic (exact) mass is 243 g/mol. The van der Waals surface area contributed by atoms with E-state index in [1.165, 1.54) is 0 Å². The van der Waals surface area contributed by atoms with Crippen LogP contribution in [-0.4, -0.2) is 52.8 Å². The lowest BCUT2D eigenvalue weighted by Crippen LogP contribution is -2.37. The van der Waals surface area contributed by atoms with Gasteiger partial charge in [-0.3, -0.25) is 9.59 Å². The molecule has 1 aliphatic rings. The van der Waals surface area contributed by atoms with Gasteiger partial charge in [-0.15, -0.1) is 0 Å². The van der Waals surface area contributed by atoms with Crippen molar-refractivity contribution in [3.63, 3.8) is 0 Å². The number of carbonyl (C=O) groups is 2. The maximum absolute atomic E-state index is 11.7. The molecule has 0 aliphatic carbocycles. The van der Waals surface area contributed by atoms with Crippen LogP contribution >= 0.6 is 12.2 Å². The first-order valence-corrected chi connectivity index (χ1v) is 5.73. The van der Waals surface area contributed by atoms with Gasteiger partial charge >= 0.3 is 0 Å². The third-order valence-electron chi connectivity index (χ3n) is 2.62. The van der Waals surface area contributed by atoms with E-state index in [-0.39, 0.29) is 23.2 Å². The molecule has 90 valence electrons. The van der Waals surface area contributed by atoms with Crippen molar-refractivity contribution < 1.29 is 9.59 Å². The third-order valence-corrected chi connectivity index (χ3v) is 2.76. The van der Waals surface area contributed by atoms with Crippen LogP contribution in [0.4, 0.5) is 0 Å². The summed E-state index contributed by atoms with van der Waals surface area (Å²) in [4.78, 5) is 26.6. The molecular formula is C10H17N3O2S. The van der Waals surface area contributed by atoms with E-state index in [1.54, 1.807) is 16.7 Å². The molecule has 0 atom stereocenters. The van der Waals surface area contributed by atoms with Crippen LogP contribution in [0.15, 0.2) is 0 Å². The molecule has 5 nitrogen and oxygen atoms in total. The number of nitrogens with zero attached hydrogens (tertiary/aromatic N) is 2. The lowest BCUT2D eigenvalue weighted by atomic mass is 10.3. The minimum Gasteiger partial charge on any atom is -0.393 e. The van der Waals surface area contributed by atoms with Crippen molar-refractivity contribution >= 4 is 29.0 Å². The Labute approximate surface area is 101 Å². The van der Waals surface area contributed by atoms with Crippen molar-refractivity contribution in [3.05, 3.63) is 0 Å². The first kappa shape index (κ1) is 12.9. The summed E-state index contributed by atoms with van der Waals surface area (Å²) in [6.45, 7) is 4.10. The molecule has 1 heterocycles. The topological polar surface area (TPSA) is 66.6 Å². The van der Waals surface area contributed by atoms with Gasteiger partial charge in [0.15, 0.2) is 0 Å². The van der Waals surface area contributed by atoms with Crippen LogP contribution in [0.2, 0.25) is 0 Å². The maximum Gasteiger partial charge on any atom is 0.229 e. The first-order chi connectivity index (χ1) is 7.50. The highest BCUT2D eigenvalue weighted by atomic mass is 32.1. The molecule has 1 saturated heterocycles. The molecular weight excluding hydrogens is 226 g/mol. The number of hydrogen-bond acceptors (Lipinski definition) is 3. The van der Waals surface area contributed by atoms with E-state index in [9.17, 15) is 9.59 Å². The van der Waals surface area contributed by atoms with Gasteiger partial charge in [0.05, 0.1) is 11.4 Å².